The summed E-state index contributed by atoms with van der Waals surface area (Å²) in [7, 11) is 0. The van der Waals surface area contributed by atoms with E-state index in [9.17, 15) is 4.79 Å². The lowest BCUT2D eigenvalue weighted by Crippen LogP contribution is -2.33. The van der Waals surface area contributed by atoms with E-state index in [4.69, 9.17) is 10.5 Å². The van der Waals surface area contributed by atoms with Gasteiger partial charge >= 0.3 is 0 Å². The normalized spacial score (nSPS) is 22.4. The Morgan fingerprint density at radius 3 is 2.80 bits per heavy atom. The molecule has 1 fully saturated rings. The van der Waals surface area contributed by atoms with Crippen LogP contribution in [0.3, 0.4) is 0 Å². The Bertz CT molecular complexity index is 429. The zero-order chi connectivity index (χ0) is 14.4. The van der Waals surface area contributed by atoms with E-state index in [1.54, 1.807) is 0 Å². The van der Waals surface area contributed by atoms with Crippen LogP contribution in [-0.4, -0.2) is 24.7 Å². The van der Waals surface area contributed by atoms with Crippen LogP contribution < -0.4 is 11.1 Å². The second-order valence-electron chi connectivity index (χ2n) is 5.49. The average molecular weight is 276 g/mol. The molecular formula is C16H24N2O2. The van der Waals surface area contributed by atoms with Crippen molar-refractivity contribution in [2.75, 3.05) is 11.9 Å². The Morgan fingerprint density at radius 1 is 1.40 bits per heavy atom. The smallest absolute Gasteiger partial charge is 0.221 e. The molecule has 0 aliphatic carbocycles. The van der Waals surface area contributed by atoms with E-state index in [2.05, 4.69) is 12.2 Å². The predicted molar refractivity (Wildman–Crippen MR) is 80.6 cm³/mol. The fourth-order valence-electron chi connectivity index (χ4n) is 2.69. The van der Waals surface area contributed by atoms with Gasteiger partial charge in [0, 0.05) is 18.3 Å². The van der Waals surface area contributed by atoms with Gasteiger partial charge < -0.3 is 15.8 Å². The molecule has 1 aromatic carbocycles. The summed E-state index contributed by atoms with van der Waals surface area (Å²) in [5.74, 6) is -0.294. The van der Waals surface area contributed by atoms with Crippen molar-refractivity contribution in [2.45, 2.75) is 51.2 Å². The number of rotatable bonds is 6. The third-order valence-electron chi connectivity index (χ3n) is 3.68. The zero-order valence-corrected chi connectivity index (χ0v) is 12.1. The molecule has 110 valence electrons. The first-order chi connectivity index (χ1) is 9.67. The standard InChI is InChI=1S/C16H24N2O2/c1-2-3-15-11-14(8-9-20-15)18-13-6-4-12(5-7-13)10-16(17)19/h4-7,14-15,18H,2-3,8-11H2,1H3,(H2,17,19). The molecule has 1 aliphatic rings. The van der Waals surface area contributed by atoms with Crippen molar-refractivity contribution in [1.29, 1.82) is 0 Å². The first-order valence-corrected chi connectivity index (χ1v) is 7.42. The van der Waals surface area contributed by atoms with Crippen LogP contribution in [0.5, 0.6) is 0 Å². The van der Waals surface area contributed by atoms with E-state index in [1.165, 1.54) is 6.42 Å². The summed E-state index contributed by atoms with van der Waals surface area (Å²) >= 11 is 0. The van der Waals surface area contributed by atoms with Gasteiger partial charge in [-0.3, -0.25) is 4.79 Å². The van der Waals surface area contributed by atoms with Gasteiger partial charge in [0.1, 0.15) is 0 Å². The summed E-state index contributed by atoms with van der Waals surface area (Å²) in [6, 6.07) is 8.42. The minimum absolute atomic E-state index is 0.294. The van der Waals surface area contributed by atoms with Crippen molar-refractivity contribution in [3.05, 3.63) is 29.8 Å². The topological polar surface area (TPSA) is 64.3 Å². The highest BCUT2D eigenvalue weighted by Crippen LogP contribution is 2.21. The SMILES string of the molecule is CCCC1CC(Nc2ccc(CC(N)=O)cc2)CCO1. The number of anilines is 1. The summed E-state index contributed by atoms with van der Waals surface area (Å²) in [6.07, 6.45) is 5.10. The highest BCUT2D eigenvalue weighted by Gasteiger charge is 2.21. The highest BCUT2D eigenvalue weighted by atomic mass is 16.5. The van der Waals surface area contributed by atoms with E-state index in [0.717, 1.165) is 37.1 Å². The van der Waals surface area contributed by atoms with Crippen molar-refractivity contribution >= 4 is 11.6 Å². The molecule has 2 atom stereocenters. The fraction of sp³-hybridized carbons (Fsp3) is 0.562. The van der Waals surface area contributed by atoms with Gasteiger partial charge in [-0.1, -0.05) is 25.5 Å². The van der Waals surface area contributed by atoms with Gasteiger partial charge in [-0.2, -0.15) is 0 Å². The van der Waals surface area contributed by atoms with Gasteiger partial charge in [-0.15, -0.1) is 0 Å². The van der Waals surface area contributed by atoms with Crippen molar-refractivity contribution in [1.82, 2.24) is 0 Å². The first kappa shape index (κ1) is 14.9. The Morgan fingerprint density at radius 2 is 2.15 bits per heavy atom. The third kappa shape index (κ3) is 4.53. The number of carbonyl (C=O) groups is 1. The molecule has 0 bridgehead atoms. The molecule has 2 rings (SSSR count). The van der Waals surface area contributed by atoms with Gasteiger partial charge in [-0.25, -0.2) is 0 Å². The number of ether oxygens (including phenoxy) is 1. The average Bonchev–Trinajstić information content (AvgIpc) is 2.41. The molecule has 0 radical (unpaired) electrons. The fourth-order valence-corrected chi connectivity index (χ4v) is 2.69. The van der Waals surface area contributed by atoms with Crippen LogP contribution in [0.4, 0.5) is 5.69 Å². The van der Waals surface area contributed by atoms with Crippen LogP contribution in [0.2, 0.25) is 0 Å². The summed E-state index contributed by atoms with van der Waals surface area (Å²) in [5.41, 5.74) is 7.24. The second-order valence-corrected chi connectivity index (χ2v) is 5.49. The summed E-state index contributed by atoms with van der Waals surface area (Å²) in [4.78, 5) is 10.9. The monoisotopic (exact) mass is 276 g/mol. The summed E-state index contributed by atoms with van der Waals surface area (Å²) in [5, 5.41) is 3.55. The largest absolute Gasteiger partial charge is 0.382 e. The Hall–Kier alpha value is -1.55. The highest BCUT2D eigenvalue weighted by molar-refractivity contribution is 5.76. The minimum atomic E-state index is -0.294. The zero-order valence-electron chi connectivity index (χ0n) is 12.1. The molecule has 1 aromatic rings. The van der Waals surface area contributed by atoms with Gasteiger partial charge in [0.15, 0.2) is 0 Å². The number of nitrogens with two attached hydrogens (primary N) is 1. The maximum absolute atomic E-state index is 10.9. The molecule has 0 spiro atoms. The Kier molecular flexibility index (Phi) is 5.41. The predicted octanol–water partition coefficient (Wildman–Crippen LogP) is 2.47. The second kappa shape index (κ2) is 7.29. The first-order valence-electron chi connectivity index (χ1n) is 7.42. The van der Waals surface area contributed by atoms with E-state index < -0.39 is 0 Å². The number of carbonyl (C=O) groups excluding carboxylic acids is 1. The van der Waals surface area contributed by atoms with Crippen LogP contribution in [-0.2, 0) is 16.0 Å². The molecule has 0 saturated carbocycles. The molecule has 1 saturated heterocycles. The van der Waals surface area contributed by atoms with Crippen LogP contribution in [0.1, 0.15) is 38.2 Å². The lowest BCUT2D eigenvalue weighted by atomic mass is 9.99. The van der Waals surface area contributed by atoms with Crippen molar-refractivity contribution in [3.63, 3.8) is 0 Å². The lowest BCUT2D eigenvalue weighted by Gasteiger charge is -2.30. The van der Waals surface area contributed by atoms with E-state index in [1.807, 2.05) is 24.3 Å². The number of amides is 1. The molecule has 20 heavy (non-hydrogen) atoms. The van der Waals surface area contributed by atoms with Crippen LogP contribution in [0.15, 0.2) is 24.3 Å². The molecule has 1 aliphatic heterocycles. The summed E-state index contributed by atoms with van der Waals surface area (Å²) < 4.78 is 5.76. The van der Waals surface area contributed by atoms with E-state index in [-0.39, 0.29) is 5.91 Å². The van der Waals surface area contributed by atoms with Crippen LogP contribution in [0.25, 0.3) is 0 Å². The Balaban J connectivity index is 1.87. The third-order valence-corrected chi connectivity index (χ3v) is 3.68. The minimum Gasteiger partial charge on any atom is -0.382 e. The number of hydrogen-bond acceptors (Lipinski definition) is 3. The molecule has 4 nitrogen and oxygen atoms in total. The molecule has 1 heterocycles. The molecule has 2 unspecified atom stereocenters. The lowest BCUT2D eigenvalue weighted by molar-refractivity contribution is -0.117. The van der Waals surface area contributed by atoms with Crippen molar-refractivity contribution < 1.29 is 9.53 Å². The number of hydrogen-bond donors (Lipinski definition) is 2. The quantitative estimate of drug-likeness (QED) is 0.839. The molecular weight excluding hydrogens is 252 g/mol. The van der Waals surface area contributed by atoms with Gasteiger partial charge in [0.2, 0.25) is 5.91 Å². The molecule has 3 N–H and O–H groups in total. The molecule has 0 aromatic heterocycles. The summed E-state index contributed by atoms with van der Waals surface area (Å²) in [6.45, 7) is 3.03. The van der Waals surface area contributed by atoms with E-state index >= 15 is 0 Å². The molecule has 1 amide bonds. The number of nitrogens with one attached hydrogen (secondary N) is 1. The maximum atomic E-state index is 10.9. The van der Waals surface area contributed by atoms with Gasteiger partial charge in [-0.05, 0) is 37.0 Å². The van der Waals surface area contributed by atoms with Crippen LogP contribution in [0, 0.1) is 0 Å². The number of primary amides is 1. The maximum Gasteiger partial charge on any atom is 0.221 e. The van der Waals surface area contributed by atoms with E-state index in [0.29, 0.717) is 18.6 Å². The van der Waals surface area contributed by atoms with Gasteiger partial charge in [0.05, 0.1) is 12.5 Å². The van der Waals surface area contributed by atoms with Crippen molar-refractivity contribution in [3.8, 4) is 0 Å². The Labute approximate surface area is 120 Å². The van der Waals surface area contributed by atoms with Crippen LogP contribution >= 0.6 is 0 Å². The van der Waals surface area contributed by atoms with Crippen molar-refractivity contribution in [2.24, 2.45) is 5.73 Å². The number of benzene rings is 1. The molecule has 4 heteroatoms. The van der Waals surface area contributed by atoms with Gasteiger partial charge in [0.25, 0.3) is 0 Å².